The second kappa shape index (κ2) is 15.9. The lowest BCUT2D eigenvalue weighted by Crippen LogP contribution is -2.49. The summed E-state index contributed by atoms with van der Waals surface area (Å²) in [5.74, 6) is 1.20. The lowest BCUT2D eigenvalue weighted by Gasteiger charge is -2.24. The van der Waals surface area contributed by atoms with Crippen molar-refractivity contribution >= 4 is 11.8 Å². The van der Waals surface area contributed by atoms with Crippen LogP contribution >= 0.6 is 0 Å². The topological polar surface area (TPSA) is 88.7 Å². The van der Waals surface area contributed by atoms with Crippen LogP contribution in [0.2, 0.25) is 0 Å². The average molecular weight is 536 g/mol. The Morgan fingerprint density at radius 1 is 1.00 bits per heavy atom. The molecule has 212 valence electrons. The van der Waals surface area contributed by atoms with E-state index in [1.54, 1.807) is 7.11 Å². The molecule has 39 heavy (non-hydrogen) atoms. The minimum atomic E-state index is -0.542. The number of fused-ring (bicyclic) bond motifs is 1. The Morgan fingerprint density at radius 3 is 2.49 bits per heavy atom. The Labute approximate surface area is 233 Å². The average Bonchev–Trinajstić information content (AvgIpc) is 2.93. The molecule has 3 atom stereocenters. The van der Waals surface area contributed by atoms with Gasteiger partial charge in [-0.25, -0.2) is 0 Å². The molecule has 7 nitrogen and oxygen atoms in total. The smallest absolute Gasteiger partial charge is 0.242 e. The van der Waals surface area contributed by atoms with E-state index >= 15 is 0 Å². The van der Waals surface area contributed by atoms with E-state index < -0.39 is 6.04 Å². The Hall–Kier alpha value is -3.32. The molecule has 0 saturated heterocycles. The van der Waals surface area contributed by atoms with E-state index in [9.17, 15) is 9.59 Å². The molecule has 0 spiro atoms. The van der Waals surface area contributed by atoms with Crippen LogP contribution in [0, 0.1) is 11.8 Å². The first kappa shape index (κ1) is 30.2. The van der Waals surface area contributed by atoms with Gasteiger partial charge in [0.2, 0.25) is 11.8 Å². The molecule has 0 aromatic heterocycles. The van der Waals surface area contributed by atoms with Crippen LogP contribution in [0.5, 0.6) is 11.5 Å². The van der Waals surface area contributed by atoms with Crippen molar-refractivity contribution in [1.82, 2.24) is 16.0 Å². The normalized spacial score (nSPS) is 21.6. The SMILES string of the molecule is CCC[C@@H]1NC(=O)[C@@H](C(C)C)C=C[C@@H](Cc2ccc(OC)cc2)NCCOc2ccccc2CCCNC1=O. The number of para-hydroxylation sites is 1. The van der Waals surface area contributed by atoms with Gasteiger partial charge in [0.1, 0.15) is 24.1 Å². The second-order valence-electron chi connectivity index (χ2n) is 10.5. The predicted octanol–water partition coefficient (Wildman–Crippen LogP) is 4.45. The zero-order valence-corrected chi connectivity index (χ0v) is 23.9. The lowest BCUT2D eigenvalue weighted by atomic mass is 9.92. The van der Waals surface area contributed by atoms with Crippen LogP contribution in [0.4, 0.5) is 0 Å². The highest BCUT2D eigenvalue weighted by Gasteiger charge is 2.26. The van der Waals surface area contributed by atoms with Gasteiger partial charge in [-0.1, -0.05) is 69.7 Å². The first-order valence-corrected chi connectivity index (χ1v) is 14.2. The summed E-state index contributed by atoms with van der Waals surface area (Å²) in [5, 5.41) is 9.67. The van der Waals surface area contributed by atoms with Crippen molar-refractivity contribution in [3.63, 3.8) is 0 Å². The summed E-state index contributed by atoms with van der Waals surface area (Å²) in [6.07, 6.45) is 7.82. The highest BCUT2D eigenvalue weighted by molar-refractivity contribution is 5.89. The van der Waals surface area contributed by atoms with Crippen molar-refractivity contribution in [2.45, 2.75) is 65.0 Å². The van der Waals surface area contributed by atoms with E-state index in [0.29, 0.717) is 26.1 Å². The van der Waals surface area contributed by atoms with Crippen molar-refractivity contribution in [3.8, 4) is 11.5 Å². The molecule has 2 aromatic rings. The molecule has 2 aromatic carbocycles. The van der Waals surface area contributed by atoms with Crippen LogP contribution in [-0.4, -0.2) is 50.7 Å². The summed E-state index contributed by atoms with van der Waals surface area (Å²) in [5.41, 5.74) is 2.29. The largest absolute Gasteiger partial charge is 0.497 e. The second-order valence-corrected chi connectivity index (χ2v) is 10.5. The van der Waals surface area contributed by atoms with Crippen molar-refractivity contribution < 1.29 is 19.1 Å². The maximum Gasteiger partial charge on any atom is 0.242 e. The number of hydrogen-bond donors (Lipinski definition) is 3. The standard InChI is InChI=1S/C32H45N3O4/c1-5-9-29-32(37)34-19-8-11-25-10-6-7-12-30(25)39-21-20-33-26(15-18-28(23(2)3)31(36)35-29)22-24-13-16-27(38-4)17-14-24/h6-7,10,12-18,23,26,28-29,33H,5,8-9,11,19-22H2,1-4H3,(H,34,37)(H,35,36)/t26-,28+,29-/m0/s1. The molecule has 0 fully saturated rings. The van der Waals surface area contributed by atoms with Crippen molar-refractivity contribution in [2.75, 3.05) is 26.8 Å². The molecule has 0 radical (unpaired) electrons. The number of methoxy groups -OCH3 is 1. The molecule has 0 unspecified atom stereocenters. The van der Waals surface area contributed by atoms with E-state index in [1.165, 1.54) is 0 Å². The van der Waals surface area contributed by atoms with Gasteiger partial charge in [-0.2, -0.15) is 0 Å². The third kappa shape index (κ3) is 9.74. The van der Waals surface area contributed by atoms with Crippen LogP contribution in [0.3, 0.4) is 0 Å². The number of benzene rings is 2. The molecular formula is C32H45N3O4. The molecule has 1 heterocycles. The minimum Gasteiger partial charge on any atom is -0.497 e. The summed E-state index contributed by atoms with van der Waals surface area (Å²) in [6, 6.07) is 15.6. The number of aryl methyl sites for hydroxylation is 1. The van der Waals surface area contributed by atoms with E-state index in [2.05, 4.69) is 40.2 Å². The zero-order chi connectivity index (χ0) is 28.0. The predicted molar refractivity (Wildman–Crippen MR) is 156 cm³/mol. The van der Waals surface area contributed by atoms with Gasteiger partial charge in [-0.15, -0.1) is 0 Å². The van der Waals surface area contributed by atoms with E-state index in [0.717, 1.165) is 48.3 Å². The number of amides is 2. The minimum absolute atomic E-state index is 0.0000837. The molecule has 3 rings (SSSR count). The molecule has 1 aliphatic heterocycles. The van der Waals surface area contributed by atoms with Crippen molar-refractivity contribution in [3.05, 3.63) is 71.8 Å². The molecule has 0 saturated carbocycles. The van der Waals surface area contributed by atoms with Gasteiger partial charge in [0.05, 0.1) is 13.0 Å². The van der Waals surface area contributed by atoms with Crippen LogP contribution in [0.15, 0.2) is 60.7 Å². The van der Waals surface area contributed by atoms with E-state index in [1.807, 2.05) is 57.2 Å². The Bertz CT molecular complexity index is 1070. The third-order valence-electron chi connectivity index (χ3n) is 7.06. The fourth-order valence-corrected chi connectivity index (χ4v) is 4.79. The molecular weight excluding hydrogens is 490 g/mol. The molecule has 1 aliphatic rings. The summed E-state index contributed by atoms with van der Waals surface area (Å²) in [4.78, 5) is 26.3. The van der Waals surface area contributed by atoms with Crippen LogP contribution in [0.25, 0.3) is 0 Å². The number of ether oxygens (including phenoxy) is 2. The molecule has 3 N–H and O–H groups in total. The molecule has 0 bridgehead atoms. The quantitative estimate of drug-likeness (QED) is 0.476. The Kier molecular flexibility index (Phi) is 12.4. The summed E-state index contributed by atoms with van der Waals surface area (Å²) in [6.45, 7) is 7.82. The summed E-state index contributed by atoms with van der Waals surface area (Å²) >= 11 is 0. The molecule has 2 amide bonds. The molecule has 0 aliphatic carbocycles. The number of nitrogens with one attached hydrogen (secondary N) is 3. The first-order chi connectivity index (χ1) is 18.9. The summed E-state index contributed by atoms with van der Waals surface area (Å²) < 4.78 is 11.5. The fourth-order valence-electron chi connectivity index (χ4n) is 4.79. The fraction of sp³-hybridized carbons (Fsp3) is 0.500. The summed E-state index contributed by atoms with van der Waals surface area (Å²) in [7, 11) is 1.66. The zero-order valence-electron chi connectivity index (χ0n) is 23.9. The maximum absolute atomic E-state index is 13.4. The van der Waals surface area contributed by atoms with Crippen LogP contribution in [-0.2, 0) is 22.4 Å². The number of hydrogen-bond acceptors (Lipinski definition) is 5. The molecule has 7 heteroatoms. The third-order valence-corrected chi connectivity index (χ3v) is 7.06. The number of carbonyl (C=O) groups excluding carboxylic acids is 2. The van der Waals surface area contributed by atoms with Gasteiger partial charge in [-0.05, 0) is 60.9 Å². The van der Waals surface area contributed by atoms with Crippen LogP contribution in [0.1, 0.15) is 51.2 Å². The monoisotopic (exact) mass is 535 g/mol. The van der Waals surface area contributed by atoms with E-state index in [-0.39, 0.29) is 29.7 Å². The lowest BCUT2D eigenvalue weighted by molar-refractivity contribution is -0.131. The number of carbonyl (C=O) groups is 2. The van der Waals surface area contributed by atoms with Crippen molar-refractivity contribution in [2.24, 2.45) is 11.8 Å². The van der Waals surface area contributed by atoms with Gasteiger partial charge in [0.25, 0.3) is 0 Å². The van der Waals surface area contributed by atoms with Crippen LogP contribution < -0.4 is 25.4 Å². The first-order valence-electron chi connectivity index (χ1n) is 14.2. The van der Waals surface area contributed by atoms with Crippen molar-refractivity contribution in [1.29, 1.82) is 0 Å². The van der Waals surface area contributed by atoms with E-state index in [4.69, 9.17) is 9.47 Å². The Balaban J connectivity index is 1.84. The Morgan fingerprint density at radius 2 is 1.77 bits per heavy atom. The number of rotatable bonds is 6. The maximum atomic E-state index is 13.4. The highest BCUT2D eigenvalue weighted by atomic mass is 16.5. The van der Waals surface area contributed by atoms with Gasteiger partial charge in [-0.3, -0.25) is 9.59 Å². The van der Waals surface area contributed by atoms with Gasteiger partial charge >= 0.3 is 0 Å². The van der Waals surface area contributed by atoms with Gasteiger partial charge in [0.15, 0.2) is 0 Å². The van der Waals surface area contributed by atoms with Gasteiger partial charge < -0.3 is 25.4 Å². The van der Waals surface area contributed by atoms with Gasteiger partial charge in [0, 0.05) is 19.1 Å². The highest BCUT2D eigenvalue weighted by Crippen LogP contribution is 2.20.